The van der Waals surface area contributed by atoms with E-state index in [1.807, 2.05) is 36.4 Å². The molecule has 0 aromatic heterocycles. The third-order valence-electron chi connectivity index (χ3n) is 3.05. The van der Waals surface area contributed by atoms with Gasteiger partial charge >= 0.3 is 11.9 Å². The van der Waals surface area contributed by atoms with Gasteiger partial charge in [-0.25, -0.2) is 9.59 Å². The van der Waals surface area contributed by atoms with Gasteiger partial charge in [-0.05, 0) is 18.4 Å². The third kappa shape index (κ3) is 4.95. The van der Waals surface area contributed by atoms with Crippen molar-refractivity contribution in [3.05, 3.63) is 54.6 Å². The van der Waals surface area contributed by atoms with Gasteiger partial charge in [-0.2, -0.15) is 0 Å². The lowest BCUT2D eigenvalue weighted by Crippen LogP contribution is -2.20. The van der Waals surface area contributed by atoms with Gasteiger partial charge in [0.25, 0.3) is 5.91 Å². The highest BCUT2D eigenvalue weighted by Crippen LogP contribution is 2.22. The Hall–Kier alpha value is -3.15. The van der Waals surface area contributed by atoms with Gasteiger partial charge in [-0.15, -0.1) is 0 Å². The van der Waals surface area contributed by atoms with Crippen molar-refractivity contribution in [1.29, 1.82) is 0 Å². The molecule has 0 unspecified atom stereocenters. The Bertz CT molecular complexity index is 777. The highest BCUT2D eigenvalue weighted by molar-refractivity contribution is 6.03. The zero-order chi connectivity index (χ0) is 17.4. The van der Waals surface area contributed by atoms with E-state index >= 15 is 0 Å². The van der Waals surface area contributed by atoms with Crippen molar-refractivity contribution < 1.29 is 23.9 Å². The first kappa shape index (κ1) is 17.2. The molecule has 0 radical (unpaired) electrons. The topological polar surface area (TPSA) is 81.7 Å². The van der Waals surface area contributed by atoms with E-state index < -0.39 is 24.5 Å². The van der Waals surface area contributed by atoms with Gasteiger partial charge < -0.3 is 14.8 Å². The molecule has 24 heavy (non-hydrogen) atoms. The van der Waals surface area contributed by atoms with Crippen LogP contribution in [-0.4, -0.2) is 31.1 Å². The fourth-order valence-corrected chi connectivity index (χ4v) is 2.03. The van der Waals surface area contributed by atoms with Crippen molar-refractivity contribution in [2.24, 2.45) is 0 Å². The molecule has 2 aromatic rings. The summed E-state index contributed by atoms with van der Waals surface area (Å²) in [5.74, 6) is -1.91. The zero-order valence-corrected chi connectivity index (χ0v) is 13.2. The van der Waals surface area contributed by atoms with Gasteiger partial charge in [-0.1, -0.05) is 36.4 Å². The van der Waals surface area contributed by atoms with Crippen LogP contribution in [0.3, 0.4) is 0 Å². The number of fused-ring (bicyclic) bond motifs is 1. The number of hydrogen-bond acceptors (Lipinski definition) is 5. The molecule has 124 valence electrons. The number of amides is 1. The first-order valence-electron chi connectivity index (χ1n) is 7.39. The number of rotatable bonds is 6. The Balaban J connectivity index is 1.89. The molecule has 0 aliphatic heterocycles. The van der Waals surface area contributed by atoms with Gasteiger partial charge in [0, 0.05) is 23.2 Å². The van der Waals surface area contributed by atoms with Crippen LogP contribution in [0.5, 0.6) is 0 Å². The van der Waals surface area contributed by atoms with Crippen molar-refractivity contribution in [2.45, 2.75) is 6.92 Å². The van der Waals surface area contributed by atoms with E-state index in [1.54, 1.807) is 13.0 Å². The van der Waals surface area contributed by atoms with Gasteiger partial charge in [0.15, 0.2) is 6.61 Å². The lowest BCUT2D eigenvalue weighted by Gasteiger charge is -2.08. The normalized spacial score (nSPS) is 10.5. The van der Waals surface area contributed by atoms with Gasteiger partial charge in [0.05, 0.1) is 6.61 Å². The minimum absolute atomic E-state index is 0.214. The number of carbonyl (C=O) groups is 3. The molecule has 1 amide bonds. The third-order valence-corrected chi connectivity index (χ3v) is 3.05. The Morgan fingerprint density at radius 1 is 0.958 bits per heavy atom. The molecule has 0 spiro atoms. The summed E-state index contributed by atoms with van der Waals surface area (Å²) in [6.07, 6.45) is 1.87. The van der Waals surface area contributed by atoms with E-state index in [0.29, 0.717) is 5.69 Å². The number of ether oxygens (including phenoxy) is 2. The minimum atomic E-state index is -0.795. The van der Waals surface area contributed by atoms with Crippen LogP contribution in [0.15, 0.2) is 54.6 Å². The number of esters is 2. The Morgan fingerprint density at radius 2 is 1.62 bits per heavy atom. The summed E-state index contributed by atoms with van der Waals surface area (Å²) >= 11 is 0. The smallest absolute Gasteiger partial charge is 0.331 e. The van der Waals surface area contributed by atoms with Crippen molar-refractivity contribution in [3.63, 3.8) is 0 Å². The van der Waals surface area contributed by atoms with Crippen LogP contribution >= 0.6 is 0 Å². The molecule has 0 fully saturated rings. The molecule has 0 aliphatic carbocycles. The molecule has 0 saturated heterocycles. The van der Waals surface area contributed by atoms with E-state index in [-0.39, 0.29) is 6.61 Å². The molecular formula is C18H17NO5. The molecule has 2 rings (SSSR count). The Labute approximate surface area is 139 Å². The molecule has 6 nitrogen and oxygen atoms in total. The van der Waals surface area contributed by atoms with E-state index in [9.17, 15) is 14.4 Å². The largest absolute Gasteiger partial charge is 0.463 e. The average molecular weight is 327 g/mol. The van der Waals surface area contributed by atoms with Gasteiger partial charge in [0.1, 0.15) is 0 Å². The maximum atomic E-state index is 11.9. The van der Waals surface area contributed by atoms with Gasteiger partial charge in [0.2, 0.25) is 0 Å². The first-order chi connectivity index (χ1) is 11.6. The van der Waals surface area contributed by atoms with E-state index in [4.69, 9.17) is 4.74 Å². The van der Waals surface area contributed by atoms with Gasteiger partial charge in [-0.3, -0.25) is 4.79 Å². The zero-order valence-electron chi connectivity index (χ0n) is 13.2. The lowest BCUT2D eigenvalue weighted by molar-refractivity contribution is -0.143. The fraction of sp³-hybridized carbons (Fsp3) is 0.167. The number of anilines is 1. The molecule has 0 heterocycles. The Kier molecular flexibility index (Phi) is 6.08. The van der Waals surface area contributed by atoms with Crippen molar-refractivity contribution in [2.75, 3.05) is 18.5 Å². The average Bonchev–Trinajstić information content (AvgIpc) is 2.59. The summed E-state index contributed by atoms with van der Waals surface area (Å²) in [5.41, 5.74) is 0.635. The van der Waals surface area contributed by atoms with Crippen LogP contribution in [0, 0.1) is 0 Å². The lowest BCUT2D eigenvalue weighted by atomic mass is 10.1. The number of hydrogen-bond donors (Lipinski definition) is 1. The summed E-state index contributed by atoms with van der Waals surface area (Å²) in [4.78, 5) is 34.4. The highest BCUT2D eigenvalue weighted by atomic mass is 16.5. The summed E-state index contributed by atoms with van der Waals surface area (Å²) in [7, 11) is 0. The summed E-state index contributed by atoms with van der Waals surface area (Å²) in [5, 5.41) is 4.57. The fourth-order valence-electron chi connectivity index (χ4n) is 2.03. The van der Waals surface area contributed by atoms with E-state index in [2.05, 4.69) is 10.1 Å². The number of benzene rings is 2. The molecule has 0 aliphatic rings. The Morgan fingerprint density at radius 3 is 2.38 bits per heavy atom. The van der Waals surface area contributed by atoms with Crippen LogP contribution in [0.1, 0.15) is 6.92 Å². The molecular weight excluding hydrogens is 310 g/mol. The summed E-state index contributed by atoms with van der Waals surface area (Å²) in [6, 6.07) is 13.1. The maximum absolute atomic E-state index is 11.9. The molecule has 0 saturated carbocycles. The predicted molar refractivity (Wildman–Crippen MR) is 89.3 cm³/mol. The van der Waals surface area contributed by atoms with Crippen LogP contribution < -0.4 is 5.32 Å². The first-order valence-corrected chi connectivity index (χ1v) is 7.39. The second-order valence-electron chi connectivity index (χ2n) is 4.77. The second-order valence-corrected chi connectivity index (χ2v) is 4.77. The van der Waals surface area contributed by atoms with Crippen LogP contribution in [0.4, 0.5) is 5.69 Å². The van der Waals surface area contributed by atoms with E-state index in [0.717, 1.165) is 22.9 Å². The maximum Gasteiger partial charge on any atom is 0.331 e. The minimum Gasteiger partial charge on any atom is -0.463 e. The molecule has 0 bridgehead atoms. The number of carbonyl (C=O) groups excluding carboxylic acids is 3. The molecule has 6 heteroatoms. The SMILES string of the molecule is CCOC(=O)C=CC(=O)OCC(=O)Nc1cccc2ccccc12. The molecule has 1 N–H and O–H groups in total. The van der Waals surface area contributed by atoms with Crippen LogP contribution in [-0.2, 0) is 23.9 Å². The van der Waals surface area contributed by atoms with Crippen LogP contribution in [0.2, 0.25) is 0 Å². The summed E-state index contributed by atoms with van der Waals surface area (Å²) < 4.78 is 9.40. The second kappa shape index (κ2) is 8.47. The van der Waals surface area contributed by atoms with Crippen molar-refractivity contribution >= 4 is 34.3 Å². The summed E-state index contributed by atoms with van der Waals surface area (Å²) in [6.45, 7) is 1.42. The monoisotopic (exact) mass is 327 g/mol. The quantitative estimate of drug-likeness (QED) is 0.651. The van der Waals surface area contributed by atoms with Crippen LogP contribution in [0.25, 0.3) is 10.8 Å². The molecule has 2 aromatic carbocycles. The number of nitrogens with one attached hydrogen (secondary N) is 1. The predicted octanol–water partition coefficient (Wildman–Crippen LogP) is 2.44. The standard InChI is InChI=1S/C18H17NO5/c1-2-23-17(21)10-11-18(22)24-12-16(20)19-15-9-5-7-13-6-3-4-8-14(13)15/h3-11H,2,12H2,1H3,(H,19,20). The van der Waals surface area contributed by atoms with Crippen molar-refractivity contribution in [1.82, 2.24) is 0 Å². The van der Waals surface area contributed by atoms with E-state index in [1.165, 1.54) is 0 Å². The van der Waals surface area contributed by atoms with Crippen molar-refractivity contribution in [3.8, 4) is 0 Å². The molecule has 0 atom stereocenters. The highest BCUT2D eigenvalue weighted by Gasteiger charge is 2.08.